The SMILES string of the molecule is COc1nc(-c2cccc(-c3cccc(-c4cnc5c(CNC[C@H]6C[C@H](O)C6)cn(C)c5n4)c3Cl)c2Cl)cnc1CNC[C@H]1CCC(=O)N1. The molecule has 4 heterocycles. The summed E-state index contributed by atoms with van der Waals surface area (Å²) in [6.45, 7) is 2.64. The number of amides is 1. The number of aliphatic hydroxyl groups excluding tert-OH is 1. The van der Waals surface area contributed by atoms with Crippen LogP contribution in [0, 0.1) is 5.92 Å². The molecule has 2 fully saturated rings. The smallest absolute Gasteiger partial charge is 0.237 e. The Morgan fingerprint density at radius 2 is 1.59 bits per heavy atom. The van der Waals surface area contributed by atoms with Gasteiger partial charge in [0.25, 0.3) is 0 Å². The van der Waals surface area contributed by atoms with Gasteiger partial charge in [0.2, 0.25) is 11.8 Å². The van der Waals surface area contributed by atoms with Crippen molar-refractivity contribution < 1.29 is 14.6 Å². The van der Waals surface area contributed by atoms with Gasteiger partial charge in [-0.2, -0.15) is 0 Å². The molecule has 5 aromatic rings. The number of nitrogens with one attached hydrogen (secondary N) is 3. The van der Waals surface area contributed by atoms with Gasteiger partial charge in [-0.25, -0.2) is 9.97 Å². The van der Waals surface area contributed by atoms with Crippen LogP contribution in [0.2, 0.25) is 10.0 Å². The fourth-order valence-electron chi connectivity index (χ4n) is 6.63. The Kier molecular flexibility index (Phi) is 9.80. The molecule has 4 N–H and O–H groups in total. The minimum Gasteiger partial charge on any atom is -0.480 e. The number of carbonyl (C=O) groups excluding carboxylic acids is 1. The number of ether oxygens (including phenoxy) is 1. The van der Waals surface area contributed by atoms with E-state index in [2.05, 4.69) is 27.1 Å². The van der Waals surface area contributed by atoms with E-state index in [4.69, 9.17) is 42.9 Å². The molecule has 0 bridgehead atoms. The zero-order chi connectivity index (χ0) is 34.1. The topological polar surface area (TPSA) is 139 Å². The van der Waals surface area contributed by atoms with Gasteiger partial charge >= 0.3 is 0 Å². The van der Waals surface area contributed by atoms with Crippen molar-refractivity contribution in [2.45, 2.75) is 50.9 Å². The fraction of sp³-hybridized carbons (Fsp3) is 0.361. The van der Waals surface area contributed by atoms with Gasteiger partial charge in [-0.05, 0) is 31.7 Å². The van der Waals surface area contributed by atoms with Crippen LogP contribution in [0.3, 0.4) is 0 Å². The molecule has 3 aromatic heterocycles. The van der Waals surface area contributed by atoms with E-state index in [1.807, 2.05) is 48.0 Å². The van der Waals surface area contributed by atoms with Crippen molar-refractivity contribution >= 4 is 40.3 Å². The quantitative estimate of drug-likeness (QED) is 0.137. The molecular formula is C36H38Cl2N8O3. The summed E-state index contributed by atoms with van der Waals surface area (Å²) in [5.74, 6) is 1.01. The zero-order valence-corrected chi connectivity index (χ0v) is 28.9. The second-order valence-electron chi connectivity index (χ2n) is 12.8. The number of aliphatic hydroxyl groups is 1. The predicted molar refractivity (Wildman–Crippen MR) is 190 cm³/mol. The summed E-state index contributed by atoms with van der Waals surface area (Å²) in [6.07, 6.45) is 8.45. The predicted octanol–water partition coefficient (Wildman–Crippen LogP) is 5.30. The van der Waals surface area contributed by atoms with Gasteiger partial charge in [-0.3, -0.25) is 14.8 Å². The van der Waals surface area contributed by atoms with Gasteiger partial charge in [-0.1, -0.05) is 59.6 Å². The number of aryl methyl sites for hydroxylation is 1. The third-order valence-electron chi connectivity index (χ3n) is 9.31. The van der Waals surface area contributed by atoms with Crippen LogP contribution < -0.4 is 20.7 Å². The summed E-state index contributed by atoms with van der Waals surface area (Å²) in [4.78, 5) is 30.6. The normalized spacial score (nSPS) is 18.9. The Balaban J connectivity index is 1.11. The molecule has 1 atom stereocenters. The largest absolute Gasteiger partial charge is 0.480 e. The summed E-state index contributed by atoms with van der Waals surface area (Å²) >= 11 is 14.2. The number of halogens is 2. The van der Waals surface area contributed by atoms with Crippen LogP contribution >= 0.6 is 23.2 Å². The highest BCUT2D eigenvalue weighted by Crippen LogP contribution is 2.42. The summed E-state index contributed by atoms with van der Waals surface area (Å²) in [5.41, 5.74) is 7.51. The number of methoxy groups -OCH3 is 1. The van der Waals surface area contributed by atoms with Crippen molar-refractivity contribution in [2.75, 3.05) is 20.2 Å². The van der Waals surface area contributed by atoms with E-state index < -0.39 is 0 Å². The first-order valence-corrected chi connectivity index (χ1v) is 17.2. The average Bonchev–Trinajstić information content (AvgIpc) is 3.65. The van der Waals surface area contributed by atoms with Gasteiger partial charge < -0.3 is 30.4 Å². The Morgan fingerprint density at radius 3 is 2.24 bits per heavy atom. The standard InChI is InChI=1S/C36H38Cl2N8O3/c1-46-19-21(14-39-13-20-11-23(47)12-20)34-35(46)44-28(18-42-34)26-7-3-5-24(32(26)37)25-6-4-8-27(33(25)38)29-17-41-30(36(45-29)49-2)16-40-15-22-9-10-31(48)43-22/h3-8,17-20,22-23,39-40,47H,9-16H2,1-2H3,(H,43,48)/t20-,22-,23-/m1/s1. The average molecular weight is 702 g/mol. The monoisotopic (exact) mass is 700 g/mol. The first kappa shape index (κ1) is 33.4. The minimum atomic E-state index is -0.150. The van der Waals surface area contributed by atoms with Gasteiger partial charge in [0.05, 0.1) is 47.0 Å². The van der Waals surface area contributed by atoms with Crippen LogP contribution in [0.15, 0.2) is 55.0 Å². The highest BCUT2D eigenvalue weighted by molar-refractivity contribution is 6.39. The Labute approximate surface area is 294 Å². The second kappa shape index (κ2) is 14.4. The maximum atomic E-state index is 11.5. The number of hydrogen-bond acceptors (Lipinski definition) is 9. The van der Waals surface area contributed by atoms with Gasteiger partial charge in [0.15, 0.2) is 5.65 Å². The molecule has 2 aromatic carbocycles. The lowest BCUT2D eigenvalue weighted by atomic mass is 9.82. The molecule has 11 nitrogen and oxygen atoms in total. The summed E-state index contributed by atoms with van der Waals surface area (Å²) in [6, 6.07) is 11.7. The van der Waals surface area contributed by atoms with Crippen molar-refractivity contribution in [1.29, 1.82) is 0 Å². The van der Waals surface area contributed by atoms with Crippen LogP contribution in [0.25, 0.3) is 44.8 Å². The van der Waals surface area contributed by atoms with Crippen LogP contribution in [0.5, 0.6) is 5.88 Å². The van der Waals surface area contributed by atoms with Crippen molar-refractivity contribution in [3.63, 3.8) is 0 Å². The molecule has 0 radical (unpaired) electrons. The van der Waals surface area contributed by atoms with E-state index in [1.165, 1.54) is 0 Å². The van der Waals surface area contributed by atoms with E-state index in [0.717, 1.165) is 59.2 Å². The highest BCUT2D eigenvalue weighted by atomic mass is 35.5. The van der Waals surface area contributed by atoms with Gasteiger partial charge in [0.1, 0.15) is 11.2 Å². The van der Waals surface area contributed by atoms with Crippen molar-refractivity contribution in [1.82, 2.24) is 40.5 Å². The Bertz CT molecular complexity index is 2010. The molecule has 1 saturated heterocycles. The highest BCUT2D eigenvalue weighted by Gasteiger charge is 2.27. The Morgan fingerprint density at radius 1 is 0.939 bits per heavy atom. The summed E-state index contributed by atoms with van der Waals surface area (Å²) in [5, 5.41) is 20.4. The number of carbonyl (C=O) groups is 1. The molecule has 1 saturated carbocycles. The first-order valence-electron chi connectivity index (χ1n) is 16.5. The van der Waals surface area contributed by atoms with Crippen molar-refractivity contribution in [3.8, 4) is 39.5 Å². The number of nitrogens with zero attached hydrogens (tertiary/aromatic N) is 5. The Hall–Kier alpha value is -4.13. The lowest BCUT2D eigenvalue weighted by Gasteiger charge is -2.31. The maximum Gasteiger partial charge on any atom is 0.237 e. The van der Waals surface area contributed by atoms with Gasteiger partial charge in [0, 0.05) is 73.2 Å². The molecular weight excluding hydrogens is 663 g/mol. The number of benzene rings is 2. The molecule has 49 heavy (non-hydrogen) atoms. The number of aromatic nitrogens is 5. The number of fused-ring (bicyclic) bond motifs is 1. The summed E-state index contributed by atoms with van der Waals surface area (Å²) < 4.78 is 7.58. The molecule has 7 rings (SSSR count). The van der Waals surface area contributed by atoms with Gasteiger partial charge in [-0.15, -0.1) is 0 Å². The van der Waals surface area contributed by atoms with Crippen LogP contribution in [-0.2, 0) is 24.9 Å². The molecule has 2 aliphatic rings. The maximum absolute atomic E-state index is 11.5. The van der Waals surface area contributed by atoms with E-state index >= 15 is 0 Å². The molecule has 1 aliphatic heterocycles. The third-order valence-corrected chi connectivity index (χ3v) is 10.1. The molecule has 1 amide bonds. The van der Waals surface area contributed by atoms with E-state index in [1.54, 1.807) is 19.5 Å². The third kappa shape index (κ3) is 6.99. The second-order valence-corrected chi connectivity index (χ2v) is 13.6. The zero-order valence-electron chi connectivity index (χ0n) is 27.3. The van der Waals surface area contributed by atoms with Crippen molar-refractivity contribution in [2.24, 2.45) is 13.0 Å². The molecule has 1 aliphatic carbocycles. The summed E-state index contributed by atoms with van der Waals surface area (Å²) in [7, 11) is 3.53. The fourth-order valence-corrected chi connectivity index (χ4v) is 7.28. The lowest BCUT2D eigenvalue weighted by Crippen LogP contribution is -2.35. The van der Waals surface area contributed by atoms with Crippen molar-refractivity contribution in [3.05, 3.63) is 76.3 Å². The molecule has 13 heteroatoms. The minimum absolute atomic E-state index is 0.0865. The molecule has 254 valence electrons. The van der Waals surface area contributed by atoms with E-state index in [-0.39, 0.29) is 18.1 Å². The molecule has 0 spiro atoms. The van der Waals surface area contributed by atoms with Crippen LogP contribution in [0.4, 0.5) is 0 Å². The number of rotatable bonds is 12. The van der Waals surface area contributed by atoms with Crippen LogP contribution in [0.1, 0.15) is 36.9 Å². The van der Waals surface area contributed by atoms with E-state index in [9.17, 15) is 9.90 Å². The van der Waals surface area contributed by atoms with E-state index in [0.29, 0.717) is 70.5 Å². The lowest BCUT2D eigenvalue weighted by molar-refractivity contribution is -0.119. The number of hydrogen-bond donors (Lipinski definition) is 4. The van der Waals surface area contributed by atoms with Crippen LogP contribution in [-0.4, -0.2) is 67.9 Å². The molecule has 0 unspecified atom stereocenters. The first-order chi connectivity index (χ1) is 23.8.